The zero-order valence-electron chi connectivity index (χ0n) is 17.3. The summed E-state index contributed by atoms with van der Waals surface area (Å²) in [5.74, 6) is -0.346. The lowest BCUT2D eigenvalue weighted by atomic mass is 10.2. The summed E-state index contributed by atoms with van der Waals surface area (Å²) < 4.78 is 40.9. The fourth-order valence-electron chi connectivity index (χ4n) is 2.84. The number of halogens is 2. The third-order valence-corrected chi connectivity index (χ3v) is 7.57. The normalized spacial score (nSPS) is 11.2. The summed E-state index contributed by atoms with van der Waals surface area (Å²) in [6, 6.07) is 18.7. The molecule has 9 heteroatoms. The second-order valence-corrected chi connectivity index (χ2v) is 10.4. The number of aryl methyl sites for hydroxylation is 1. The van der Waals surface area contributed by atoms with Crippen LogP contribution in [-0.2, 0) is 14.8 Å². The Morgan fingerprint density at radius 1 is 1.00 bits per heavy atom. The highest BCUT2D eigenvalue weighted by atomic mass is 35.5. The molecule has 1 amide bonds. The van der Waals surface area contributed by atoms with Gasteiger partial charge in [0.25, 0.3) is 10.0 Å². The Morgan fingerprint density at radius 2 is 1.62 bits per heavy atom. The molecule has 3 rings (SSSR count). The van der Waals surface area contributed by atoms with Crippen molar-refractivity contribution in [3.8, 4) is 0 Å². The molecule has 0 saturated carbocycles. The molecule has 0 aromatic heterocycles. The maximum atomic E-state index is 13.4. The van der Waals surface area contributed by atoms with Gasteiger partial charge in [0.2, 0.25) is 5.91 Å². The minimum Gasteiger partial charge on any atom is -0.354 e. The summed E-state index contributed by atoms with van der Waals surface area (Å²) in [7, 11) is -4.02. The number of anilines is 1. The molecular weight excluding hydrogens is 471 g/mol. The largest absolute Gasteiger partial charge is 0.354 e. The smallest absolute Gasteiger partial charge is 0.264 e. The molecule has 0 radical (unpaired) electrons. The summed E-state index contributed by atoms with van der Waals surface area (Å²) >= 11 is 7.41. The van der Waals surface area contributed by atoms with Crippen molar-refractivity contribution < 1.29 is 17.6 Å². The number of benzene rings is 3. The standard InChI is InChI=1S/C23H22ClFN2O3S2/c1-17-2-12-22(13-3-17)32(29,30)27(20-8-6-19(25)7-9-20)16-23(28)26-14-15-31-21-10-4-18(24)5-11-21/h2-13H,14-16H2,1H3,(H,26,28). The number of nitrogens with zero attached hydrogens (tertiary/aromatic N) is 1. The molecule has 0 atom stereocenters. The van der Waals surface area contributed by atoms with Crippen LogP contribution in [0.1, 0.15) is 5.56 Å². The maximum absolute atomic E-state index is 13.4. The second kappa shape index (κ2) is 10.8. The number of carbonyl (C=O) groups is 1. The van der Waals surface area contributed by atoms with E-state index in [1.165, 1.54) is 24.3 Å². The maximum Gasteiger partial charge on any atom is 0.264 e. The molecule has 0 heterocycles. The van der Waals surface area contributed by atoms with Gasteiger partial charge in [-0.05, 0) is 67.6 Å². The van der Waals surface area contributed by atoms with Crippen molar-refractivity contribution in [2.24, 2.45) is 0 Å². The molecular formula is C23H22ClFN2O3S2. The third kappa shape index (κ3) is 6.48. The summed E-state index contributed by atoms with van der Waals surface area (Å²) in [4.78, 5) is 13.6. The van der Waals surface area contributed by atoms with Gasteiger partial charge in [-0.2, -0.15) is 0 Å². The Labute approximate surface area is 196 Å². The predicted molar refractivity (Wildman–Crippen MR) is 127 cm³/mol. The Balaban J connectivity index is 1.69. The van der Waals surface area contributed by atoms with Crippen LogP contribution in [0.15, 0.2) is 82.6 Å². The van der Waals surface area contributed by atoms with E-state index < -0.39 is 28.3 Å². The van der Waals surface area contributed by atoms with Crippen molar-refractivity contribution in [1.29, 1.82) is 0 Å². The van der Waals surface area contributed by atoms with E-state index in [9.17, 15) is 17.6 Å². The van der Waals surface area contributed by atoms with Crippen LogP contribution < -0.4 is 9.62 Å². The van der Waals surface area contributed by atoms with Crippen LogP contribution in [0.2, 0.25) is 5.02 Å². The summed E-state index contributed by atoms with van der Waals surface area (Å²) in [5.41, 5.74) is 1.12. The van der Waals surface area contributed by atoms with Crippen molar-refractivity contribution in [2.45, 2.75) is 16.7 Å². The molecule has 0 saturated heterocycles. The van der Waals surface area contributed by atoms with E-state index in [0.29, 0.717) is 17.3 Å². The van der Waals surface area contributed by atoms with Gasteiger partial charge in [-0.15, -0.1) is 11.8 Å². The van der Waals surface area contributed by atoms with Crippen LogP contribution in [0.5, 0.6) is 0 Å². The zero-order chi connectivity index (χ0) is 23.1. The Morgan fingerprint density at radius 3 is 2.25 bits per heavy atom. The van der Waals surface area contributed by atoms with E-state index in [1.807, 2.05) is 19.1 Å². The van der Waals surface area contributed by atoms with Gasteiger partial charge in [-0.25, -0.2) is 12.8 Å². The van der Waals surface area contributed by atoms with Crippen molar-refractivity contribution in [2.75, 3.05) is 23.1 Å². The first-order valence-corrected chi connectivity index (χ1v) is 12.6. The lowest BCUT2D eigenvalue weighted by Gasteiger charge is -2.24. The molecule has 0 aliphatic heterocycles. The number of carbonyl (C=O) groups excluding carboxylic acids is 1. The average Bonchev–Trinajstić information content (AvgIpc) is 2.77. The molecule has 5 nitrogen and oxygen atoms in total. The second-order valence-electron chi connectivity index (χ2n) is 6.95. The van der Waals surface area contributed by atoms with E-state index in [-0.39, 0.29) is 10.6 Å². The molecule has 3 aromatic carbocycles. The Kier molecular flexibility index (Phi) is 8.17. The lowest BCUT2D eigenvalue weighted by molar-refractivity contribution is -0.119. The van der Waals surface area contributed by atoms with Crippen molar-refractivity contribution in [1.82, 2.24) is 5.32 Å². The molecule has 0 bridgehead atoms. The average molecular weight is 493 g/mol. The Hall–Kier alpha value is -2.55. The van der Waals surface area contributed by atoms with Gasteiger partial charge < -0.3 is 5.32 Å². The quantitative estimate of drug-likeness (QED) is 0.341. The zero-order valence-corrected chi connectivity index (χ0v) is 19.7. The van der Waals surface area contributed by atoms with E-state index in [2.05, 4.69) is 5.32 Å². The molecule has 0 aliphatic carbocycles. The molecule has 32 heavy (non-hydrogen) atoms. The van der Waals surface area contributed by atoms with Crippen LogP contribution in [0, 0.1) is 12.7 Å². The van der Waals surface area contributed by atoms with Gasteiger partial charge in [0, 0.05) is 22.2 Å². The number of thioether (sulfide) groups is 1. The van der Waals surface area contributed by atoms with Crippen molar-refractivity contribution in [3.05, 3.63) is 89.2 Å². The first-order valence-electron chi connectivity index (χ1n) is 9.76. The van der Waals surface area contributed by atoms with Gasteiger partial charge in [-0.3, -0.25) is 9.10 Å². The predicted octanol–water partition coefficient (Wildman–Crippen LogP) is 4.89. The van der Waals surface area contributed by atoms with Gasteiger partial charge in [0.15, 0.2) is 0 Å². The topological polar surface area (TPSA) is 66.5 Å². The minimum absolute atomic E-state index is 0.0542. The SMILES string of the molecule is Cc1ccc(S(=O)(=O)N(CC(=O)NCCSc2ccc(Cl)cc2)c2ccc(F)cc2)cc1. The molecule has 0 aliphatic rings. The molecule has 3 aromatic rings. The van der Waals surface area contributed by atoms with Gasteiger partial charge in [-0.1, -0.05) is 29.3 Å². The van der Waals surface area contributed by atoms with Crippen LogP contribution in [-0.4, -0.2) is 33.2 Å². The highest BCUT2D eigenvalue weighted by Crippen LogP contribution is 2.24. The minimum atomic E-state index is -4.02. The van der Waals surface area contributed by atoms with Crippen LogP contribution in [0.25, 0.3) is 0 Å². The van der Waals surface area contributed by atoms with Crippen molar-refractivity contribution >= 4 is 45.0 Å². The lowest BCUT2D eigenvalue weighted by Crippen LogP contribution is -2.41. The monoisotopic (exact) mass is 492 g/mol. The number of nitrogens with one attached hydrogen (secondary N) is 1. The number of amides is 1. The molecule has 168 valence electrons. The van der Waals surface area contributed by atoms with Crippen LogP contribution >= 0.6 is 23.4 Å². The number of sulfonamides is 1. The summed E-state index contributed by atoms with van der Waals surface area (Å²) in [6.45, 7) is 1.78. The van der Waals surface area contributed by atoms with E-state index in [1.54, 1.807) is 36.0 Å². The van der Waals surface area contributed by atoms with Crippen LogP contribution in [0.3, 0.4) is 0 Å². The summed E-state index contributed by atoms with van der Waals surface area (Å²) in [6.07, 6.45) is 0. The number of rotatable bonds is 9. The fourth-order valence-corrected chi connectivity index (χ4v) is 5.15. The highest BCUT2D eigenvalue weighted by Gasteiger charge is 2.27. The van der Waals surface area contributed by atoms with E-state index in [0.717, 1.165) is 26.9 Å². The summed E-state index contributed by atoms with van der Waals surface area (Å²) in [5, 5.41) is 3.39. The fraction of sp³-hybridized carbons (Fsp3) is 0.174. The molecule has 0 spiro atoms. The van der Waals surface area contributed by atoms with Crippen molar-refractivity contribution in [3.63, 3.8) is 0 Å². The molecule has 0 unspecified atom stereocenters. The van der Waals surface area contributed by atoms with Gasteiger partial charge in [0.05, 0.1) is 10.6 Å². The van der Waals surface area contributed by atoms with Gasteiger partial charge >= 0.3 is 0 Å². The third-order valence-electron chi connectivity index (χ3n) is 4.52. The molecule has 0 fully saturated rings. The van der Waals surface area contributed by atoms with E-state index >= 15 is 0 Å². The van der Waals surface area contributed by atoms with E-state index in [4.69, 9.17) is 11.6 Å². The number of hydrogen-bond donors (Lipinski definition) is 1. The first kappa shape index (κ1) is 24.1. The van der Waals surface area contributed by atoms with Gasteiger partial charge in [0.1, 0.15) is 12.4 Å². The number of hydrogen-bond acceptors (Lipinski definition) is 4. The highest BCUT2D eigenvalue weighted by molar-refractivity contribution is 7.99. The molecule has 1 N–H and O–H groups in total. The van der Waals surface area contributed by atoms with Crippen LogP contribution in [0.4, 0.5) is 10.1 Å². The Bertz CT molecular complexity index is 1150. The first-order chi connectivity index (χ1) is 15.3.